The van der Waals surface area contributed by atoms with Gasteiger partial charge in [-0.1, -0.05) is 249 Å². The Morgan fingerprint density at radius 3 is 1.52 bits per heavy atom. The summed E-state index contributed by atoms with van der Waals surface area (Å²) in [5, 5.41) is 56.0. The van der Waals surface area contributed by atoms with Crippen LogP contribution in [0.3, 0.4) is 0 Å². The highest BCUT2D eigenvalue weighted by Gasteiger charge is 2.44. The summed E-state index contributed by atoms with van der Waals surface area (Å²) in [6, 6.07) is 8.81. The average Bonchev–Trinajstić information content (AvgIpc) is 3.34. The van der Waals surface area contributed by atoms with Crippen LogP contribution in [-0.4, -0.2) is 93.6 Å². The number of aliphatic hydroxyl groups excluding tert-OH is 5. The van der Waals surface area contributed by atoms with Crippen molar-refractivity contribution in [3.63, 3.8) is 0 Å². The Morgan fingerprint density at radius 1 is 0.612 bits per heavy atom. The van der Waals surface area contributed by atoms with Gasteiger partial charge in [0.2, 0.25) is 5.91 Å². The van der Waals surface area contributed by atoms with Gasteiger partial charge in [0.15, 0.2) is 6.29 Å². The van der Waals surface area contributed by atoms with E-state index in [1.807, 2.05) is 36.4 Å². The van der Waals surface area contributed by atoms with Crippen molar-refractivity contribution in [2.75, 3.05) is 13.2 Å². The van der Waals surface area contributed by atoms with E-state index in [2.05, 4.69) is 25.2 Å². The van der Waals surface area contributed by atoms with Crippen molar-refractivity contribution in [3.8, 4) is 0 Å². The molecule has 1 heterocycles. The highest BCUT2D eigenvalue weighted by molar-refractivity contribution is 5.76. The highest BCUT2D eigenvalue weighted by atomic mass is 16.7. The lowest BCUT2D eigenvalue weighted by molar-refractivity contribution is -0.303. The molecule has 8 atom stereocenters. The zero-order chi connectivity index (χ0) is 48.4. The van der Waals surface area contributed by atoms with E-state index in [0.29, 0.717) is 12.8 Å². The predicted molar refractivity (Wildman–Crippen MR) is 275 cm³/mol. The Balaban J connectivity index is 1.78. The number of nitrogens with one attached hydrogen (secondary N) is 1. The lowest BCUT2D eigenvalue weighted by atomic mass is 9.99. The summed E-state index contributed by atoms with van der Waals surface area (Å²) in [7, 11) is 0. The van der Waals surface area contributed by atoms with Gasteiger partial charge < -0.3 is 45.1 Å². The van der Waals surface area contributed by atoms with Crippen molar-refractivity contribution in [3.05, 3.63) is 48.0 Å². The second-order valence-electron chi connectivity index (χ2n) is 19.9. The first-order chi connectivity index (χ1) is 32.8. The van der Waals surface area contributed by atoms with E-state index >= 15 is 0 Å². The molecule has 0 aliphatic carbocycles. The number of carbonyl (C=O) groups excluding carboxylic acids is 1. The van der Waals surface area contributed by atoms with Crippen molar-refractivity contribution in [1.29, 1.82) is 0 Å². The molecule has 0 spiro atoms. The van der Waals surface area contributed by atoms with Gasteiger partial charge in [0, 0.05) is 6.42 Å². The summed E-state index contributed by atoms with van der Waals surface area (Å²) in [6.07, 6.45) is 38.2. The van der Waals surface area contributed by atoms with Crippen molar-refractivity contribution in [2.24, 2.45) is 0 Å². The molecule has 6 N–H and O–H groups in total. The Bertz CT molecular complexity index is 1270. The van der Waals surface area contributed by atoms with Crippen LogP contribution in [0.2, 0.25) is 0 Å². The van der Waals surface area contributed by atoms with Gasteiger partial charge in [-0.15, -0.1) is 0 Å². The fourth-order valence-corrected chi connectivity index (χ4v) is 9.24. The van der Waals surface area contributed by atoms with Gasteiger partial charge >= 0.3 is 0 Å². The van der Waals surface area contributed by atoms with Gasteiger partial charge in [0.1, 0.15) is 30.5 Å². The van der Waals surface area contributed by atoms with E-state index in [1.54, 1.807) is 0 Å². The Kier molecular flexibility index (Phi) is 39.2. The SMILES string of the molecule is CCCCCCCCCCC/C=C/C[C@@H](OCc1ccccc1)[C@@H](O)[C@H](CO[C@H]1O[C@H](CO)[C@H](O)[C@H](O)[C@H]1O)NC(=O)CCCCCCCCCCCCCCCCCCCCCCCCC. The zero-order valence-electron chi connectivity index (χ0n) is 42.9. The van der Waals surface area contributed by atoms with Crippen LogP contribution >= 0.6 is 0 Å². The minimum atomic E-state index is -1.61. The topological polar surface area (TPSA) is 158 Å². The van der Waals surface area contributed by atoms with Gasteiger partial charge in [-0.25, -0.2) is 0 Å². The molecule has 0 saturated carbocycles. The number of unbranched alkanes of at least 4 members (excludes halogenated alkanes) is 31. The summed E-state index contributed by atoms with van der Waals surface area (Å²) < 4.78 is 17.9. The van der Waals surface area contributed by atoms with Gasteiger partial charge in [-0.2, -0.15) is 0 Å². The Morgan fingerprint density at radius 2 is 1.06 bits per heavy atom. The van der Waals surface area contributed by atoms with Crippen molar-refractivity contribution in [2.45, 2.75) is 294 Å². The maximum absolute atomic E-state index is 13.4. The molecule has 0 aromatic heterocycles. The van der Waals surface area contributed by atoms with Gasteiger partial charge in [0.25, 0.3) is 0 Å². The second-order valence-corrected chi connectivity index (χ2v) is 19.9. The number of ether oxygens (including phenoxy) is 3. The molecule has 10 heteroatoms. The molecular formula is C57H103NO9. The predicted octanol–water partition coefficient (Wildman–Crippen LogP) is 12.5. The van der Waals surface area contributed by atoms with Gasteiger partial charge in [-0.3, -0.25) is 4.79 Å². The van der Waals surface area contributed by atoms with Gasteiger partial charge in [-0.05, 0) is 31.2 Å². The summed E-state index contributed by atoms with van der Waals surface area (Å²) in [5.74, 6) is -0.215. The third-order valence-corrected chi connectivity index (χ3v) is 13.8. The first-order valence-corrected chi connectivity index (χ1v) is 28.0. The van der Waals surface area contributed by atoms with Crippen LogP contribution in [0.15, 0.2) is 42.5 Å². The summed E-state index contributed by atoms with van der Waals surface area (Å²) in [5.41, 5.74) is 0.955. The minimum absolute atomic E-state index is 0.215. The maximum atomic E-state index is 13.4. The van der Waals surface area contributed by atoms with E-state index in [9.17, 15) is 30.3 Å². The van der Waals surface area contributed by atoms with Crippen LogP contribution in [-0.2, 0) is 25.6 Å². The third kappa shape index (κ3) is 31.1. The number of hydrogen-bond donors (Lipinski definition) is 6. The first kappa shape index (κ1) is 61.2. The second kappa shape index (κ2) is 42.9. The molecular weight excluding hydrogens is 843 g/mol. The van der Waals surface area contributed by atoms with E-state index in [0.717, 1.165) is 37.7 Å². The van der Waals surface area contributed by atoms with Crippen molar-refractivity contribution >= 4 is 5.91 Å². The molecule has 0 unspecified atom stereocenters. The fraction of sp³-hybridized carbons (Fsp3) is 0.842. The molecule has 0 radical (unpaired) electrons. The van der Waals surface area contributed by atoms with E-state index in [4.69, 9.17) is 14.2 Å². The minimum Gasteiger partial charge on any atom is -0.394 e. The fourth-order valence-electron chi connectivity index (χ4n) is 9.24. The molecule has 1 aromatic carbocycles. The molecule has 1 aliphatic heterocycles. The molecule has 0 bridgehead atoms. The summed E-state index contributed by atoms with van der Waals surface area (Å²) >= 11 is 0. The largest absolute Gasteiger partial charge is 0.394 e. The zero-order valence-corrected chi connectivity index (χ0v) is 42.9. The van der Waals surface area contributed by atoms with E-state index < -0.39 is 55.6 Å². The van der Waals surface area contributed by atoms with Gasteiger partial charge in [0.05, 0.1) is 32.0 Å². The summed E-state index contributed by atoms with van der Waals surface area (Å²) in [4.78, 5) is 13.4. The maximum Gasteiger partial charge on any atom is 0.220 e. The summed E-state index contributed by atoms with van der Waals surface area (Å²) in [6.45, 7) is 3.95. The average molecular weight is 946 g/mol. The van der Waals surface area contributed by atoms with E-state index in [1.165, 1.54) is 180 Å². The van der Waals surface area contributed by atoms with Crippen LogP contribution in [0.4, 0.5) is 0 Å². The van der Waals surface area contributed by atoms with E-state index in [-0.39, 0.29) is 19.1 Å². The van der Waals surface area contributed by atoms with Crippen LogP contribution in [0, 0.1) is 0 Å². The molecule has 1 aliphatic rings. The quantitative estimate of drug-likeness (QED) is 0.0276. The third-order valence-electron chi connectivity index (χ3n) is 13.8. The lowest BCUT2D eigenvalue weighted by Crippen LogP contribution is -2.60. The normalized spacial score (nSPS) is 20.1. The monoisotopic (exact) mass is 946 g/mol. The smallest absolute Gasteiger partial charge is 0.220 e. The van der Waals surface area contributed by atoms with Crippen molar-refractivity contribution in [1.82, 2.24) is 5.32 Å². The lowest BCUT2D eigenvalue weighted by Gasteiger charge is -2.40. The standard InChI is InChI=1S/C57H103NO9/c1-3-5-7-9-11-13-15-17-18-19-20-21-22-23-24-25-26-27-29-31-33-35-40-44-52(60)58-49(47-66-57-56(64)55(63)54(62)51(45-59)67-57)53(61)50(65-46-48-41-37-36-38-42-48)43-39-34-32-30-28-16-14-12-10-8-6-4-2/h34,36-39,41-42,49-51,53-57,59,61-64H,3-33,35,40,43-47H2,1-2H3,(H,58,60)/b39-34+/t49-,50+,51+,53-,54-,55-,56+,57-/m0/s1. The first-order valence-electron chi connectivity index (χ1n) is 28.0. The molecule has 1 aromatic rings. The van der Waals surface area contributed by atoms with Crippen molar-refractivity contribution < 1.29 is 44.5 Å². The Labute approximate surface area is 409 Å². The van der Waals surface area contributed by atoms with Crippen LogP contribution in [0.25, 0.3) is 0 Å². The highest BCUT2D eigenvalue weighted by Crippen LogP contribution is 2.24. The molecule has 1 fully saturated rings. The van der Waals surface area contributed by atoms with Crippen LogP contribution in [0.5, 0.6) is 0 Å². The molecule has 67 heavy (non-hydrogen) atoms. The molecule has 1 amide bonds. The molecule has 10 nitrogen and oxygen atoms in total. The number of amides is 1. The number of allylic oxidation sites excluding steroid dienone is 1. The number of hydrogen-bond acceptors (Lipinski definition) is 9. The van der Waals surface area contributed by atoms with Crippen LogP contribution < -0.4 is 5.32 Å². The molecule has 2 rings (SSSR count). The number of rotatable bonds is 46. The van der Waals surface area contributed by atoms with Crippen LogP contribution in [0.1, 0.15) is 244 Å². The molecule has 1 saturated heterocycles. The number of aliphatic hydroxyl groups is 5. The number of benzene rings is 1. The Hall–Kier alpha value is -1.89. The number of carbonyl (C=O) groups is 1. The molecule has 390 valence electrons.